The van der Waals surface area contributed by atoms with Crippen LogP contribution in [-0.2, 0) is 9.53 Å². The first-order chi connectivity index (χ1) is 9.34. The highest BCUT2D eigenvalue weighted by Gasteiger charge is 2.24. The zero-order chi connectivity index (χ0) is 13.1. The average molecular weight is 263 g/mol. The molecule has 1 aromatic heterocycles. The van der Waals surface area contributed by atoms with Crippen molar-refractivity contribution in [1.29, 1.82) is 0 Å². The highest BCUT2D eigenvalue weighted by molar-refractivity contribution is 5.91. The predicted octanol–water partition coefficient (Wildman–Crippen LogP) is 2.36. The van der Waals surface area contributed by atoms with Crippen molar-refractivity contribution < 1.29 is 9.53 Å². The molecule has 0 radical (unpaired) electrons. The summed E-state index contributed by atoms with van der Waals surface area (Å²) in [6.45, 7) is 1.39. The second-order valence-electron chi connectivity index (χ2n) is 5.48. The Hall–Kier alpha value is -1.36. The van der Waals surface area contributed by atoms with Crippen LogP contribution >= 0.6 is 0 Å². The van der Waals surface area contributed by atoms with E-state index < -0.39 is 0 Å². The van der Waals surface area contributed by atoms with E-state index in [-0.39, 0.29) is 11.8 Å². The van der Waals surface area contributed by atoms with Gasteiger partial charge in [0, 0.05) is 25.2 Å². The Morgan fingerprint density at radius 3 is 2.74 bits per heavy atom. The topological polar surface area (TPSA) is 56.2 Å². The van der Waals surface area contributed by atoms with Gasteiger partial charge in [-0.25, -0.2) is 4.68 Å². The van der Waals surface area contributed by atoms with Crippen molar-refractivity contribution >= 4 is 11.7 Å². The highest BCUT2D eigenvalue weighted by atomic mass is 16.5. The lowest BCUT2D eigenvalue weighted by Gasteiger charge is -2.22. The van der Waals surface area contributed by atoms with Crippen molar-refractivity contribution in [2.24, 2.45) is 5.92 Å². The Morgan fingerprint density at radius 1 is 1.26 bits per heavy atom. The molecule has 1 N–H and O–H groups in total. The fraction of sp³-hybridized carbons (Fsp3) is 0.714. The van der Waals surface area contributed by atoms with Crippen molar-refractivity contribution in [3.05, 3.63) is 12.3 Å². The van der Waals surface area contributed by atoms with Crippen molar-refractivity contribution in [2.45, 2.75) is 44.6 Å². The van der Waals surface area contributed by atoms with E-state index in [0.29, 0.717) is 19.3 Å². The maximum atomic E-state index is 12.2. The van der Waals surface area contributed by atoms with Crippen LogP contribution in [0.2, 0.25) is 0 Å². The van der Waals surface area contributed by atoms with Gasteiger partial charge in [-0.3, -0.25) is 4.79 Å². The smallest absolute Gasteiger partial charge is 0.228 e. The number of aromatic nitrogens is 2. The number of rotatable bonds is 3. The van der Waals surface area contributed by atoms with Crippen molar-refractivity contribution in [2.75, 3.05) is 18.5 Å². The molecule has 1 aliphatic heterocycles. The molecule has 2 aliphatic rings. The minimum Gasteiger partial charge on any atom is -0.381 e. The van der Waals surface area contributed by atoms with Crippen LogP contribution in [0.4, 0.5) is 5.82 Å². The van der Waals surface area contributed by atoms with E-state index in [4.69, 9.17) is 4.74 Å². The summed E-state index contributed by atoms with van der Waals surface area (Å²) >= 11 is 0. The molecule has 1 aromatic rings. The van der Waals surface area contributed by atoms with Gasteiger partial charge in [-0.1, -0.05) is 12.8 Å². The van der Waals surface area contributed by atoms with Gasteiger partial charge in [-0.15, -0.1) is 0 Å². The number of anilines is 1. The van der Waals surface area contributed by atoms with Crippen LogP contribution in [0.15, 0.2) is 12.3 Å². The molecule has 0 bridgehead atoms. The molecular weight excluding hydrogens is 242 g/mol. The SMILES string of the molecule is O=C(Nc1ccnn1C1CCCC1)C1CCOCC1. The zero-order valence-electron chi connectivity index (χ0n) is 11.2. The summed E-state index contributed by atoms with van der Waals surface area (Å²) in [5, 5.41) is 7.42. The standard InChI is InChI=1S/C14H21N3O2/c18-14(11-6-9-19-10-7-11)16-13-5-8-15-17(13)12-3-1-2-4-12/h5,8,11-12H,1-4,6-7,9-10H2,(H,16,18). The molecule has 5 heteroatoms. The van der Waals surface area contributed by atoms with Crippen molar-refractivity contribution in [3.63, 3.8) is 0 Å². The van der Waals surface area contributed by atoms with Gasteiger partial charge in [0.15, 0.2) is 0 Å². The van der Waals surface area contributed by atoms with Crippen LogP contribution in [0.25, 0.3) is 0 Å². The second-order valence-corrected chi connectivity index (χ2v) is 5.48. The molecule has 1 saturated heterocycles. The minimum absolute atomic E-state index is 0.0840. The molecule has 1 saturated carbocycles. The molecule has 3 rings (SSSR count). The fourth-order valence-electron chi connectivity index (χ4n) is 3.04. The average Bonchev–Trinajstić information content (AvgIpc) is 3.10. The Balaban J connectivity index is 1.65. The first-order valence-corrected chi connectivity index (χ1v) is 7.27. The third kappa shape index (κ3) is 2.81. The largest absolute Gasteiger partial charge is 0.381 e. The normalized spacial score (nSPS) is 21.7. The Morgan fingerprint density at radius 2 is 2.00 bits per heavy atom. The molecule has 0 atom stereocenters. The van der Waals surface area contributed by atoms with Crippen LogP contribution in [0.3, 0.4) is 0 Å². The number of carbonyl (C=O) groups excluding carboxylic acids is 1. The lowest BCUT2D eigenvalue weighted by molar-refractivity contribution is -0.122. The first kappa shape index (κ1) is 12.7. The number of carbonyl (C=O) groups is 1. The van der Waals surface area contributed by atoms with Crippen LogP contribution in [-0.4, -0.2) is 28.9 Å². The van der Waals surface area contributed by atoms with Crippen LogP contribution in [0.1, 0.15) is 44.6 Å². The molecule has 2 fully saturated rings. The van der Waals surface area contributed by atoms with Gasteiger partial charge in [0.1, 0.15) is 5.82 Å². The van der Waals surface area contributed by atoms with E-state index in [2.05, 4.69) is 10.4 Å². The lowest BCUT2D eigenvalue weighted by atomic mass is 9.99. The summed E-state index contributed by atoms with van der Waals surface area (Å²) in [6.07, 6.45) is 8.28. The summed E-state index contributed by atoms with van der Waals surface area (Å²) < 4.78 is 7.28. The summed E-state index contributed by atoms with van der Waals surface area (Å²) in [7, 11) is 0. The Labute approximate surface area is 113 Å². The van der Waals surface area contributed by atoms with Gasteiger partial charge in [-0.05, 0) is 25.7 Å². The van der Waals surface area contributed by atoms with E-state index in [1.54, 1.807) is 6.20 Å². The van der Waals surface area contributed by atoms with Gasteiger partial charge in [-0.2, -0.15) is 5.10 Å². The monoisotopic (exact) mass is 263 g/mol. The number of amides is 1. The molecule has 1 aliphatic carbocycles. The third-order valence-corrected chi connectivity index (χ3v) is 4.18. The van der Waals surface area contributed by atoms with E-state index in [1.165, 1.54) is 25.7 Å². The number of nitrogens with one attached hydrogen (secondary N) is 1. The maximum Gasteiger partial charge on any atom is 0.228 e. The molecule has 19 heavy (non-hydrogen) atoms. The van der Waals surface area contributed by atoms with E-state index in [9.17, 15) is 4.79 Å². The summed E-state index contributed by atoms with van der Waals surface area (Å²) in [5.41, 5.74) is 0. The minimum atomic E-state index is 0.0840. The summed E-state index contributed by atoms with van der Waals surface area (Å²) in [4.78, 5) is 12.2. The highest BCUT2D eigenvalue weighted by Crippen LogP contribution is 2.31. The van der Waals surface area contributed by atoms with Crippen molar-refractivity contribution in [3.8, 4) is 0 Å². The van der Waals surface area contributed by atoms with E-state index in [0.717, 1.165) is 18.7 Å². The number of nitrogens with zero attached hydrogens (tertiary/aromatic N) is 2. The number of ether oxygens (including phenoxy) is 1. The second kappa shape index (κ2) is 5.74. The fourth-order valence-corrected chi connectivity index (χ4v) is 3.04. The van der Waals surface area contributed by atoms with Crippen LogP contribution in [0.5, 0.6) is 0 Å². The molecule has 0 unspecified atom stereocenters. The summed E-state index contributed by atoms with van der Waals surface area (Å²) in [5.74, 6) is 1.05. The van der Waals surface area contributed by atoms with Gasteiger partial charge < -0.3 is 10.1 Å². The molecule has 0 spiro atoms. The Bertz CT molecular complexity index is 432. The van der Waals surface area contributed by atoms with Gasteiger partial charge in [0.25, 0.3) is 0 Å². The maximum absolute atomic E-state index is 12.2. The molecule has 1 amide bonds. The molecule has 2 heterocycles. The van der Waals surface area contributed by atoms with Gasteiger partial charge in [0.2, 0.25) is 5.91 Å². The molecule has 104 valence electrons. The van der Waals surface area contributed by atoms with Gasteiger partial charge in [0.05, 0.1) is 12.2 Å². The predicted molar refractivity (Wildman–Crippen MR) is 71.9 cm³/mol. The van der Waals surface area contributed by atoms with Crippen LogP contribution < -0.4 is 5.32 Å². The number of hydrogen-bond acceptors (Lipinski definition) is 3. The van der Waals surface area contributed by atoms with Gasteiger partial charge >= 0.3 is 0 Å². The lowest BCUT2D eigenvalue weighted by Crippen LogP contribution is -2.29. The quantitative estimate of drug-likeness (QED) is 0.910. The van der Waals surface area contributed by atoms with Crippen LogP contribution in [0, 0.1) is 5.92 Å². The van der Waals surface area contributed by atoms with E-state index in [1.807, 2.05) is 10.7 Å². The zero-order valence-corrected chi connectivity index (χ0v) is 11.2. The third-order valence-electron chi connectivity index (χ3n) is 4.18. The molecule has 0 aromatic carbocycles. The Kier molecular flexibility index (Phi) is 3.82. The summed E-state index contributed by atoms with van der Waals surface area (Å²) in [6, 6.07) is 2.36. The van der Waals surface area contributed by atoms with E-state index >= 15 is 0 Å². The first-order valence-electron chi connectivity index (χ1n) is 7.27. The number of hydrogen-bond donors (Lipinski definition) is 1. The molecule has 5 nitrogen and oxygen atoms in total. The molecular formula is C14H21N3O2. The van der Waals surface area contributed by atoms with Crippen molar-refractivity contribution in [1.82, 2.24) is 9.78 Å².